The number of carbonyl (C=O) groups is 1. The minimum absolute atomic E-state index is 0.174. The Morgan fingerprint density at radius 1 is 1.44 bits per heavy atom. The average molecular weight is 219 g/mol. The number of aromatic hydroxyl groups is 1. The molecule has 1 aliphatic rings. The standard InChI is InChI=1S/C13H17NO2/c1-9(2)14-7-6-12(16)13(14)10-4-3-5-11(15)8-10/h3-5,8-9,13,15H,6-7H2,1-2H3. The van der Waals surface area contributed by atoms with Gasteiger partial charge in [-0.1, -0.05) is 12.1 Å². The van der Waals surface area contributed by atoms with Gasteiger partial charge in [0.05, 0.1) is 6.04 Å². The summed E-state index contributed by atoms with van der Waals surface area (Å²) < 4.78 is 0. The third-order valence-electron chi connectivity index (χ3n) is 3.10. The van der Waals surface area contributed by atoms with E-state index in [1.807, 2.05) is 6.07 Å². The molecule has 1 aromatic carbocycles. The van der Waals surface area contributed by atoms with Gasteiger partial charge in [0.15, 0.2) is 5.78 Å². The molecule has 16 heavy (non-hydrogen) atoms. The number of likely N-dealkylation sites (tertiary alicyclic amines) is 1. The fourth-order valence-corrected chi connectivity index (χ4v) is 2.32. The fourth-order valence-electron chi connectivity index (χ4n) is 2.32. The molecule has 0 spiro atoms. The van der Waals surface area contributed by atoms with Crippen LogP contribution in [-0.4, -0.2) is 28.4 Å². The molecule has 1 saturated heterocycles. The Kier molecular flexibility index (Phi) is 2.97. The Morgan fingerprint density at radius 3 is 2.81 bits per heavy atom. The van der Waals surface area contributed by atoms with Crippen LogP contribution in [0.3, 0.4) is 0 Å². The lowest BCUT2D eigenvalue weighted by molar-refractivity contribution is -0.120. The number of carbonyl (C=O) groups excluding carboxylic acids is 1. The van der Waals surface area contributed by atoms with Gasteiger partial charge in [0.2, 0.25) is 0 Å². The van der Waals surface area contributed by atoms with Gasteiger partial charge in [0.1, 0.15) is 5.75 Å². The summed E-state index contributed by atoms with van der Waals surface area (Å²) in [5.74, 6) is 0.472. The Hall–Kier alpha value is -1.35. The van der Waals surface area contributed by atoms with Gasteiger partial charge in [-0.05, 0) is 31.5 Å². The van der Waals surface area contributed by atoms with E-state index in [-0.39, 0.29) is 17.6 Å². The second-order valence-electron chi connectivity index (χ2n) is 4.55. The number of nitrogens with zero attached hydrogens (tertiary/aromatic N) is 1. The predicted molar refractivity (Wildman–Crippen MR) is 62.3 cm³/mol. The van der Waals surface area contributed by atoms with Crippen LogP contribution in [0.2, 0.25) is 0 Å². The number of phenolic OH excluding ortho intramolecular Hbond substituents is 1. The minimum atomic E-state index is -0.174. The van der Waals surface area contributed by atoms with Gasteiger partial charge >= 0.3 is 0 Å². The molecule has 0 saturated carbocycles. The van der Waals surface area contributed by atoms with Crippen molar-refractivity contribution in [3.63, 3.8) is 0 Å². The van der Waals surface area contributed by atoms with Crippen molar-refractivity contribution in [2.24, 2.45) is 0 Å². The lowest BCUT2D eigenvalue weighted by Gasteiger charge is -2.27. The first-order chi connectivity index (χ1) is 7.59. The molecule has 2 rings (SSSR count). The zero-order valence-corrected chi connectivity index (χ0v) is 9.68. The van der Waals surface area contributed by atoms with Crippen molar-refractivity contribution in [2.45, 2.75) is 32.4 Å². The normalized spacial score (nSPS) is 21.9. The number of rotatable bonds is 2. The first kappa shape index (κ1) is 11.1. The van der Waals surface area contributed by atoms with E-state index in [0.717, 1.165) is 12.1 Å². The van der Waals surface area contributed by atoms with Gasteiger partial charge in [0.25, 0.3) is 0 Å². The van der Waals surface area contributed by atoms with Crippen LogP contribution < -0.4 is 0 Å². The maximum atomic E-state index is 11.9. The number of hydrogen-bond donors (Lipinski definition) is 1. The molecular weight excluding hydrogens is 202 g/mol. The number of phenols is 1. The van der Waals surface area contributed by atoms with Crippen molar-refractivity contribution < 1.29 is 9.90 Å². The van der Waals surface area contributed by atoms with Crippen molar-refractivity contribution in [1.29, 1.82) is 0 Å². The summed E-state index contributed by atoms with van der Waals surface area (Å²) >= 11 is 0. The molecule has 1 aromatic rings. The summed E-state index contributed by atoms with van der Waals surface area (Å²) in [7, 11) is 0. The Bertz CT molecular complexity index is 401. The smallest absolute Gasteiger partial charge is 0.155 e. The summed E-state index contributed by atoms with van der Waals surface area (Å²) in [4.78, 5) is 14.1. The second-order valence-corrected chi connectivity index (χ2v) is 4.55. The zero-order chi connectivity index (χ0) is 11.7. The fraction of sp³-hybridized carbons (Fsp3) is 0.462. The Morgan fingerprint density at radius 2 is 2.19 bits per heavy atom. The molecule has 0 aromatic heterocycles. The molecule has 1 N–H and O–H groups in total. The van der Waals surface area contributed by atoms with Crippen molar-refractivity contribution in [3.8, 4) is 5.75 Å². The highest BCUT2D eigenvalue weighted by molar-refractivity contribution is 5.87. The summed E-state index contributed by atoms with van der Waals surface area (Å²) in [6.07, 6.45) is 0.610. The second kappa shape index (κ2) is 4.26. The predicted octanol–water partition coefficient (Wildman–Crippen LogP) is 2.12. The van der Waals surface area contributed by atoms with E-state index < -0.39 is 0 Å². The van der Waals surface area contributed by atoms with E-state index in [2.05, 4.69) is 18.7 Å². The molecule has 0 radical (unpaired) electrons. The maximum Gasteiger partial charge on any atom is 0.155 e. The number of benzene rings is 1. The first-order valence-electron chi connectivity index (χ1n) is 5.67. The lowest BCUT2D eigenvalue weighted by atomic mass is 10.0. The van der Waals surface area contributed by atoms with Gasteiger partial charge < -0.3 is 5.11 Å². The van der Waals surface area contributed by atoms with E-state index in [1.165, 1.54) is 0 Å². The third-order valence-corrected chi connectivity index (χ3v) is 3.10. The van der Waals surface area contributed by atoms with E-state index in [9.17, 15) is 9.90 Å². The SMILES string of the molecule is CC(C)N1CCC(=O)C1c1cccc(O)c1. The quantitative estimate of drug-likeness (QED) is 0.828. The largest absolute Gasteiger partial charge is 0.508 e. The van der Waals surface area contributed by atoms with Gasteiger partial charge in [-0.25, -0.2) is 0 Å². The van der Waals surface area contributed by atoms with E-state index in [4.69, 9.17) is 0 Å². The number of Topliss-reactive ketones (excluding diaryl/α,β-unsaturated/α-hetero) is 1. The van der Waals surface area contributed by atoms with Gasteiger partial charge in [-0.3, -0.25) is 9.69 Å². The van der Waals surface area contributed by atoms with E-state index in [1.54, 1.807) is 18.2 Å². The molecule has 1 atom stereocenters. The molecular formula is C13H17NO2. The van der Waals surface area contributed by atoms with Crippen molar-refractivity contribution >= 4 is 5.78 Å². The minimum Gasteiger partial charge on any atom is -0.508 e. The molecule has 0 amide bonds. The monoisotopic (exact) mass is 219 g/mol. The maximum absolute atomic E-state index is 11.9. The van der Waals surface area contributed by atoms with Crippen LogP contribution >= 0.6 is 0 Å². The average Bonchev–Trinajstić information content (AvgIpc) is 2.60. The van der Waals surface area contributed by atoms with Crippen LogP contribution in [0.1, 0.15) is 31.9 Å². The zero-order valence-electron chi connectivity index (χ0n) is 9.68. The Labute approximate surface area is 95.7 Å². The van der Waals surface area contributed by atoms with Gasteiger partial charge in [-0.15, -0.1) is 0 Å². The summed E-state index contributed by atoms with van der Waals surface area (Å²) in [5.41, 5.74) is 0.899. The molecule has 1 heterocycles. The van der Waals surface area contributed by atoms with E-state index in [0.29, 0.717) is 12.5 Å². The van der Waals surface area contributed by atoms with Crippen LogP contribution in [0.15, 0.2) is 24.3 Å². The van der Waals surface area contributed by atoms with Crippen molar-refractivity contribution in [3.05, 3.63) is 29.8 Å². The summed E-state index contributed by atoms with van der Waals surface area (Å²) in [6.45, 7) is 5.00. The van der Waals surface area contributed by atoms with Crippen molar-refractivity contribution in [1.82, 2.24) is 4.90 Å². The first-order valence-corrected chi connectivity index (χ1v) is 5.67. The summed E-state index contributed by atoms with van der Waals surface area (Å²) in [5, 5.41) is 9.45. The van der Waals surface area contributed by atoms with Crippen molar-refractivity contribution in [2.75, 3.05) is 6.54 Å². The van der Waals surface area contributed by atoms with Crippen LogP contribution in [-0.2, 0) is 4.79 Å². The highest BCUT2D eigenvalue weighted by Crippen LogP contribution is 2.31. The molecule has 0 aliphatic carbocycles. The molecule has 0 bridgehead atoms. The van der Waals surface area contributed by atoms with Crippen LogP contribution in [0.4, 0.5) is 0 Å². The number of ketones is 1. The highest BCUT2D eigenvalue weighted by Gasteiger charge is 2.34. The Balaban J connectivity index is 2.33. The summed E-state index contributed by atoms with van der Waals surface area (Å²) in [6, 6.07) is 7.18. The third kappa shape index (κ3) is 1.95. The topological polar surface area (TPSA) is 40.5 Å². The van der Waals surface area contributed by atoms with Crippen LogP contribution in [0.5, 0.6) is 5.75 Å². The van der Waals surface area contributed by atoms with Gasteiger partial charge in [-0.2, -0.15) is 0 Å². The van der Waals surface area contributed by atoms with Crippen LogP contribution in [0, 0.1) is 0 Å². The lowest BCUT2D eigenvalue weighted by Crippen LogP contribution is -2.31. The molecule has 86 valence electrons. The molecule has 1 unspecified atom stereocenters. The van der Waals surface area contributed by atoms with Gasteiger partial charge in [0, 0.05) is 19.0 Å². The highest BCUT2D eigenvalue weighted by atomic mass is 16.3. The molecule has 1 fully saturated rings. The molecule has 3 nitrogen and oxygen atoms in total. The van der Waals surface area contributed by atoms with E-state index >= 15 is 0 Å². The molecule has 3 heteroatoms. The number of hydrogen-bond acceptors (Lipinski definition) is 3. The molecule has 1 aliphatic heterocycles. The van der Waals surface area contributed by atoms with Crippen LogP contribution in [0.25, 0.3) is 0 Å².